The van der Waals surface area contributed by atoms with Crippen molar-refractivity contribution in [3.05, 3.63) is 82.2 Å². The summed E-state index contributed by atoms with van der Waals surface area (Å²) in [6.45, 7) is 8.48. The number of benzene rings is 2. The van der Waals surface area contributed by atoms with E-state index in [1.54, 1.807) is 6.07 Å². The molecule has 0 unspecified atom stereocenters. The highest BCUT2D eigenvalue weighted by Gasteiger charge is 2.13. The Morgan fingerprint density at radius 2 is 1.56 bits per heavy atom. The van der Waals surface area contributed by atoms with Crippen molar-refractivity contribution < 1.29 is 4.79 Å². The third kappa shape index (κ3) is 4.50. The first-order valence-corrected chi connectivity index (χ1v) is 8.95. The fraction of sp³-hybridized carbons (Fsp3) is 0.227. The number of hydrogen-bond acceptors (Lipinski definition) is 4. The van der Waals surface area contributed by atoms with Gasteiger partial charge in [0, 0.05) is 17.9 Å². The van der Waals surface area contributed by atoms with Crippen molar-refractivity contribution in [3.8, 4) is 0 Å². The Hall–Kier alpha value is -3.21. The predicted octanol–water partition coefficient (Wildman–Crippen LogP) is 4.57. The van der Waals surface area contributed by atoms with Crippen LogP contribution in [-0.2, 0) is 6.54 Å². The Labute approximate surface area is 159 Å². The first-order valence-electron chi connectivity index (χ1n) is 8.95. The Morgan fingerprint density at radius 3 is 2.26 bits per heavy atom. The highest BCUT2D eigenvalue weighted by Crippen LogP contribution is 2.20. The smallest absolute Gasteiger partial charge is 0.274 e. The van der Waals surface area contributed by atoms with Gasteiger partial charge in [-0.1, -0.05) is 42.5 Å². The van der Waals surface area contributed by atoms with Crippen LogP contribution in [0.4, 0.5) is 11.6 Å². The molecule has 0 saturated carbocycles. The quantitative estimate of drug-likeness (QED) is 0.699. The monoisotopic (exact) mass is 360 g/mol. The van der Waals surface area contributed by atoms with E-state index >= 15 is 0 Å². The summed E-state index contributed by atoms with van der Waals surface area (Å²) >= 11 is 0. The van der Waals surface area contributed by atoms with E-state index in [-0.39, 0.29) is 5.91 Å². The fourth-order valence-corrected chi connectivity index (χ4v) is 2.94. The average molecular weight is 360 g/mol. The van der Waals surface area contributed by atoms with Gasteiger partial charge in [0.2, 0.25) is 5.95 Å². The second-order valence-corrected chi connectivity index (χ2v) is 6.72. The lowest BCUT2D eigenvalue weighted by atomic mass is 10.1. The van der Waals surface area contributed by atoms with E-state index in [0.29, 0.717) is 18.2 Å². The summed E-state index contributed by atoms with van der Waals surface area (Å²) in [6, 6.07) is 15.8. The van der Waals surface area contributed by atoms with E-state index in [1.165, 1.54) is 11.1 Å². The summed E-state index contributed by atoms with van der Waals surface area (Å²) in [7, 11) is 0. The molecule has 5 nitrogen and oxygen atoms in total. The number of nitrogens with one attached hydrogen (secondary N) is 2. The van der Waals surface area contributed by atoms with E-state index in [2.05, 4.69) is 39.7 Å². The van der Waals surface area contributed by atoms with Gasteiger partial charge in [-0.05, 0) is 56.0 Å². The van der Waals surface area contributed by atoms with Crippen LogP contribution in [0, 0.1) is 27.7 Å². The van der Waals surface area contributed by atoms with Gasteiger partial charge in [-0.2, -0.15) is 0 Å². The third-order valence-corrected chi connectivity index (χ3v) is 4.50. The van der Waals surface area contributed by atoms with Crippen molar-refractivity contribution in [1.82, 2.24) is 9.97 Å². The molecule has 0 atom stereocenters. The number of aromatic nitrogens is 2. The Bertz CT molecular complexity index is 962. The lowest BCUT2D eigenvalue weighted by Crippen LogP contribution is -2.17. The van der Waals surface area contributed by atoms with Crippen molar-refractivity contribution >= 4 is 17.5 Å². The number of anilines is 2. The van der Waals surface area contributed by atoms with E-state index < -0.39 is 0 Å². The van der Waals surface area contributed by atoms with Gasteiger partial charge in [0.15, 0.2) is 0 Å². The molecule has 2 aromatic carbocycles. The molecule has 0 aliphatic rings. The maximum absolute atomic E-state index is 12.7. The summed E-state index contributed by atoms with van der Waals surface area (Å²) < 4.78 is 0. The molecule has 1 aromatic heterocycles. The SMILES string of the molecule is Cc1cc(C(=O)Nc2c(C)cccc2C)nc(NCc2ccccc2C)n1. The fourth-order valence-electron chi connectivity index (χ4n) is 2.94. The third-order valence-electron chi connectivity index (χ3n) is 4.50. The normalized spacial score (nSPS) is 10.5. The zero-order chi connectivity index (χ0) is 19.4. The molecule has 3 aromatic rings. The van der Waals surface area contributed by atoms with Crippen LogP contribution in [0.1, 0.15) is 38.4 Å². The maximum atomic E-state index is 12.7. The summed E-state index contributed by atoms with van der Waals surface area (Å²) in [4.78, 5) is 21.5. The first-order chi connectivity index (χ1) is 12.9. The van der Waals surface area contributed by atoms with Gasteiger partial charge in [-0.15, -0.1) is 0 Å². The lowest BCUT2D eigenvalue weighted by molar-refractivity contribution is 0.102. The second kappa shape index (κ2) is 7.99. The number of carbonyl (C=O) groups is 1. The van der Waals surface area contributed by atoms with Gasteiger partial charge in [-0.25, -0.2) is 9.97 Å². The van der Waals surface area contributed by atoms with Crippen molar-refractivity contribution in [2.24, 2.45) is 0 Å². The van der Waals surface area contributed by atoms with Crippen LogP contribution < -0.4 is 10.6 Å². The molecule has 138 valence electrons. The minimum Gasteiger partial charge on any atom is -0.350 e. The van der Waals surface area contributed by atoms with Crippen molar-refractivity contribution in [3.63, 3.8) is 0 Å². The molecule has 0 fully saturated rings. The summed E-state index contributed by atoms with van der Waals surface area (Å²) in [6.07, 6.45) is 0. The highest BCUT2D eigenvalue weighted by atomic mass is 16.1. The van der Waals surface area contributed by atoms with Gasteiger partial charge >= 0.3 is 0 Å². The van der Waals surface area contributed by atoms with Crippen LogP contribution in [0.3, 0.4) is 0 Å². The van der Waals surface area contributed by atoms with E-state index in [1.807, 2.05) is 51.1 Å². The lowest BCUT2D eigenvalue weighted by Gasteiger charge is -2.12. The standard InChI is InChI=1S/C22H24N4O/c1-14-8-5-6-11-18(14)13-23-22-24-17(4)12-19(25-22)21(27)26-20-15(2)9-7-10-16(20)3/h5-12H,13H2,1-4H3,(H,26,27)(H,23,24,25). The van der Waals surface area contributed by atoms with Crippen LogP contribution in [-0.4, -0.2) is 15.9 Å². The second-order valence-electron chi connectivity index (χ2n) is 6.72. The molecule has 27 heavy (non-hydrogen) atoms. The molecule has 0 aliphatic carbocycles. The average Bonchev–Trinajstić information content (AvgIpc) is 2.63. The maximum Gasteiger partial charge on any atom is 0.274 e. The molecule has 0 saturated heterocycles. The van der Waals surface area contributed by atoms with Crippen LogP contribution in [0.5, 0.6) is 0 Å². The topological polar surface area (TPSA) is 66.9 Å². The van der Waals surface area contributed by atoms with E-state index in [4.69, 9.17) is 0 Å². The van der Waals surface area contributed by atoms with Crippen molar-refractivity contribution in [2.75, 3.05) is 10.6 Å². The summed E-state index contributed by atoms with van der Waals surface area (Å²) in [5, 5.41) is 6.20. The van der Waals surface area contributed by atoms with E-state index in [9.17, 15) is 4.79 Å². The number of amides is 1. The van der Waals surface area contributed by atoms with Crippen LogP contribution in [0.25, 0.3) is 0 Å². The Kier molecular flexibility index (Phi) is 5.50. The summed E-state index contributed by atoms with van der Waals surface area (Å²) in [5.41, 5.74) is 6.32. The molecule has 0 spiro atoms. The van der Waals surface area contributed by atoms with Crippen molar-refractivity contribution in [1.29, 1.82) is 0 Å². The van der Waals surface area contributed by atoms with Crippen LogP contribution >= 0.6 is 0 Å². The zero-order valence-electron chi connectivity index (χ0n) is 16.1. The number of aryl methyl sites for hydroxylation is 4. The zero-order valence-corrected chi connectivity index (χ0v) is 16.1. The number of rotatable bonds is 5. The largest absolute Gasteiger partial charge is 0.350 e. The van der Waals surface area contributed by atoms with Gasteiger partial charge in [0.25, 0.3) is 5.91 Å². The molecule has 5 heteroatoms. The molecule has 1 amide bonds. The first kappa shape index (κ1) is 18.6. The number of carbonyl (C=O) groups excluding carboxylic acids is 1. The molecule has 0 aliphatic heterocycles. The van der Waals surface area contributed by atoms with Gasteiger partial charge in [0.05, 0.1) is 0 Å². The van der Waals surface area contributed by atoms with Gasteiger partial charge in [0.1, 0.15) is 5.69 Å². The minimum absolute atomic E-state index is 0.239. The molecule has 3 rings (SSSR count). The number of nitrogens with zero attached hydrogens (tertiary/aromatic N) is 2. The van der Waals surface area contributed by atoms with Gasteiger partial charge in [-0.3, -0.25) is 4.79 Å². The minimum atomic E-state index is -0.239. The van der Waals surface area contributed by atoms with Gasteiger partial charge < -0.3 is 10.6 Å². The molecule has 0 bridgehead atoms. The number of hydrogen-bond donors (Lipinski definition) is 2. The highest BCUT2D eigenvalue weighted by molar-refractivity contribution is 6.03. The number of para-hydroxylation sites is 1. The molecular formula is C22H24N4O. The Balaban J connectivity index is 1.78. The van der Waals surface area contributed by atoms with Crippen LogP contribution in [0.15, 0.2) is 48.5 Å². The van der Waals surface area contributed by atoms with E-state index in [0.717, 1.165) is 22.5 Å². The predicted molar refractivity (Wildman–Crippen MR) is 109 cm³/mol. The molecule has 2 N–H and O–H groups in total. The van der Waals surface area contributed by atoms with Crippen LogP contribution in [0.2, 0.25) is 0 Å². The molecular weight excluding hydrogens is 336 g/mol. The Morgan fingerprint density at radius 1 is 0.889 bits per heavy atom. The van der Waals surface area contributed by atoms with Crippen molar-refractivity contribution in [2.45, 2.75) is 34.2 Å². The molecule has 1 heterocycles. The summed E-state index contributed by atoms with van der Waals surface area (Å²) in [5.74, 6) is 0.210. The molecule has 0 radical (unpaired) electrons.